The minimum atomic E-state index is -1.07. The van der Waals surface area contributed by atoms with Crippen LogP contribution in [0, 0.1) is 5.41 Å². The van der Waals surface area contributed by atoms with Crippen LogP contribution in [0.25, 0.3) is 11.1 Å². The highest BCUT2D eigenvalue weighted by Gasteiger charge is 2.18. The first-order chi connectivity index (χ1) is 16.3. The molecule has 0 radical (unpaired) electrons. The van der Waals surface area contributed by atoms with E-state index >= 15 is 0 Å². The van der Waals surface area contributed by atoms with Gasteiger partial charge in [-0.25, -0.2) is 4.79 Å². The smallest absolute Gasteiger partial charge is 0.335 e. The molecule has 8 nitrogen and oxygen atoms in total. The Morgan fingerprint density at radius 2 is 1.76 bits per heavy atom. The molecule has 5 N–H and O–H groups in total. The van der Waals surface area contributed by atoms with E-state index in [1.165, 1.54) is 30.2 Å². The van der Waals surface area contributed by atoms with Crippen LogP contribution < -0.4 is 10.7 Å². The average molecular weight is 457 g/mol. The number of nitrogens with one attached hydrogen (secondary N) is 3. The van der Waals surface area contributed by atoms with Gasteiger partial charge in [-0.1, -0.05) is 30.3 Å². The number of hydrazone groups is 1. The van der Waals surface area contributed by atoms with Gasteiger partial charge in [0.05, 0.1) is 17.0 Å². The number of amides is 1. The second kappa shape index (κ2) is 9.58. The fourth-order valence-electron chi connectivity index (χ4n) is 3.95. The number of anilines is 2. The molecule has 1 aliphatic rings. The first-order valence-electron chi connectivity index (χ1n) is 10.8. The van der Waals surface area contributed by atoms with Crippen LogP contribution in [-0.2, 0) is 17.6 Å². The summed E-state index contributed by atoms with van der Waals surface area (Å²) in [6.07, 6.45) is 3.13. The molecule has 3 aromatic carbocycles. The molecule has 0 fully saturated rings. The molecule has 0 atom stereocenters. The summed E-state index contributed by atoms with van der Waals surface area (Å²) in [5.41, 5.74) is 6.87. The van der Waals surface area contributed by atoms with Gasteiger partial charge >= 0.3 is 5.97 Å². The van der Waals surface area contributed by atoms with Crippen LogP contribution >= 0.6 is 0 Å². The van der Waals surface area contributed by atoms with Crippen molar-refractivity contribution in [2.24, 2.45) is 5.10 Å². The van der Waals surface area contributed by atoms with Gasteiger partial charge in [0.2, 0.25) is 0 Å². The van der Waals surface area contributed by atoms with Crippen molar-refractivity contribution in [2.75, 3.05) is 10.7 Å². The predicted octanol–water partition coefficient (Wildman–Crippen LogP) is 4.69. The third kappa shape index (κ3) is 4.80. The van der Waals surface area contributed by atoms with Crippen molar-refractivity contribution in [3.05, 3.63) is 77.4 Å². The quantitative estimate of drug-likeness (QED) is 0.200. The molecular weight excluding hydrogens is 432 g/mol. The Hall–Kier alpha value is -4.46. The van der Waals surface area contributed by atoms with Gasteiger partial charge in [-0.3, -0.25) is 10.2 Å². The molecule has 4 rings (SSSR count). The second-order valence-corrected chi connectivity index (χ2v) is 8.08. The lowest BCUT2D eigenvalue weighted by Gasteiger charge is -2.12. The lowest BCUT2D eigenvalue weighted by Crippen LogP contribution is -2.29. The monoisotopic (exact) mass is 456 g/mol. The zero-order valence-corrected chi connectivity index (χ0v) is 18.6. The zero-order valence-electron chi connectivity index (χ0n) is 18.6. The van der Waals surface area contributed by atoms with Crippen LogP contribution in [0.5, 0.6) is 5.75 Å². The van der Waals surface area contributed by atoms with Gasteiger partial charge in [0.15, 0.2) is 5.71 Å². The Morgan fingerprint density at radius 3 is 2.53 bits per heavy atom. The lowest BCUT2D eigenvalue weighted by molar-refractivity contribution is -0.110. The van der Waals surface area contributed by atoms with Crippen LogP contribution in [-0.4, -0.2) is 33.5 Å². The summed E-state index contributed by atoms with van der Waals surface area (Å²) in [5.74, 6) is -1.77. The summed E-state index contributed by atoms with van der Waals surface area (Å²) < 4.78 is 0. The Kier molecular flexibility index (Phi) is 6.40. The van der Waals surface area contributed by atoms with Gasteiger partial charge in [0.1, 0.15) is 5.75 Å². The summed E-state index contributed by atoms with van der Waals surface area (Å²) in [5, 5.41) is 34.8. The van der Waals surface area contributed by atoms with Gasteiger partial charge in [0.25, 0.3) is 5.91 Å². The minimum Gasteiger partial charge on any atom is -0.505 e. The Balaban J connectivity index is 1.56. The Bertz CT molecular complexity index is 1330. The van der Waals surface area contributed by atoms with Crippen molar-refractivity contribution in [3.63, 3.8) is 0 Å². The lowest BCUT2D eigenvalue weighted by atomic mass is 10.0. The molecule has 0 saturated carbocycles. The number of carboxylic acid groups (broad SMARTS) is 1. The third-order valence-electron chi connectivity index (χ3n) is 5.67. The average Bonchev–Trinajstić information content (AvgIpc) is 3.28. The number of carbonyl (C=O) groups excluding carboxylic acids is 1. The van der Waals surface area contributed by atoms with Crippen LogP contribution in [0.4, 0.5) is 11.4 Å². The summed E-state index contributed by atoms with van der Waals surface area (Å²) >= 11 is 0. The molecule has 3 aromatic rings. The highest BCUT2D eigenvalue weighted by atomic mass is 16.4. The first-order valence-corrected chi connectivity index (χ1v) is 10.8. The number of rotatable bonds is 7. The molecule has 1 amide bonds. The summed E-state index contributed by atoms with van der Waals surface area (Å²) in [7, 11) is 0. The van der Waals surface area contributed by atoms with Crippen LogP contribution in [0.15, 0.2) is 65.8 Å². The number of hydrogen-bond acceptors (Lipinski definition) is 6. The van der Waals surface area contributed by atoms with Gasteiger partial charge in [-0.15, -0.1) is 0 Å². The number of nitrogens with zero attached hydrogens (tertiary/aromatic N) is 1. The molecule has 0 aliphatic heterocycles. The van der Waals surface area contributed by atoms with Crippen molar-refractivity contribution >= 4 is 34.7 Å². The van der Waals surface area contributed by atoms with E-state index in [0.29, 0.717) is 16.8 Å². The number of phenolic OH excluding ortho intramolecular Hbond substituents is 1. The van der Waals surface area contributed by atoms with E-state index in [-0.39, 0.29) is 28.4 Å². The van der Waals surface area contributed by atoms with E-state index in [1.54, 1.807) is 30.3 Å². The zero-order chi connectivity index (χ0) is 24.2. The number of fused-ring (bicyclic) bond motifs is 1. The molecule has 34 heavy (non-hydrogen) atoms. The second-order valence-electron chi connectivity index (χ2n) is 8.08. The summed E-state index contributed by atoms with van der Waals surface area (Å²) in [4.78, 5) is 24.1. The topological polar surface area (TPSA) is 135 Å². The predicted molar refractivity (Wildman–Crippen MR) is 132 cm³/mol. The standard InChI is InChI=1S/C26H24N4O4/c1-15(27)23(25(32)28-20-12-11-16-5-2-6-17(16)14-20)30-29-22-10-4-9-21(24(22)31)18-7-3-8-19(13-18)26(33)34/h3-4,7-14,27,29,31H,2,5-6H2,1H3,(H,28,32)(H,33,34)/b27-15?,30-23-. The number of hydrogen-bond donors (Lipinski definition) is 5. The molecule has 0 spiro atoms. The fourth-order valence-corrected chi connectivity index (χ4v) is 3.95. The van der Waals surface area contributed by atoms with E-state index in [1.807, 2.05) is 18.2 Å². The maximum atomic E-state index is 12.8. The van der Waals surface area contributed by atoms with Crippen molar-refractivity contribution in [1.29, 1.82) is 5.41 Å². The van der Waals surface area contributed by atoms with Crippen LogP contribution in [0.2, 0.25) is 0 Å². The molecule has 0 bridgehead atoms. The van der Waals surface area contributed by atoms with Crippen molar-refractivity contribution in [1.82, 2.24) is 0 Å². The van der Waals surface area contributed by atoms with Gasteiger partial charge in [-0.05, 0) is 73.2 Å². The molecule has 8 heteroatoms. The number of aromatic hydroxyl groups is 1. The largest absolute Gasteiger partial charge is 0.505 e. The number of para-hydroxylation sites is 1. The molecule has 0 unspecified atom stereocenters. The third-order valence-corrected chi connectivity index (χ3v) is 5.67. The van der Waals surface area contributed by atoms with Gasteiger partial charge in [-0.2, -0.15) is 5.10 Å². The SMILES string of the molecule is CC(=N)/C(=N/Nc1cccc(-c2cccc(C(=O)O)c2)c1O)C(=O)Nc1ccc2c(c1)CCC2. The molecule has 172 valence electrons. The molecule has 0 aromatic heterocycles. The van der Waals surface area contributed by atoms with Crippen molar-refractivity contribution in [3.8, 4) is 16.9 Å². The number of carboxylic acids is 1. The highest BCUT2D eigenvalue weighted by molar-refractivity contribution is 6.67. The summed E-state index contributed by atoms with van der Waals surface area (Å²) in [6.45, 7) is 1.45. The van der Waals surface area contributed by atoms with Crippen LogP contribution in [0.1, 0.15) is 34.8 Å². The van der Waals surface area contributed by atoms with E-state index in [9.17, 15) is 19.8 Å². The normalized spacial score (nSPS) is 12.7. The molecule has 0 saturated heterocycles. The first kappa shape index (κ1) is 22.7. The van der Waals surface area contributed by atoms with Gasteiger partial charge in [0, 0.05) is 11.3 Å². The van der Waals surface area contributed by atoms with Gasteiger partial charge < -0.3 is 20.9 Å². The van der Waals surface area contributed by atoms with E-state index in [0.717, 1.165) is 19.3 Å². The minimum absolute atomic E-state index is 0.0454. The van der Waals surface area contributed by atoms with E-state index < -0.39 is 11.9 Å². The van der Waals surface area contributed by atoms with Crippen LogP contribution in [0.3, 0.4) is 0 Å². The Morgan fingerprint density at radius 1 is 1.00 bits per heavy atom. The molecule has 0 heterocycles. The van der Waals surface area contributed by atoms with Crippen molar-refractivity contribution < 1.29 is 19.8 Å². The maximum absolute atomic E-state index is 12.8. The van der Waals surface area contributed by atoms with E-state index in [2.05, 4.69) is 15.8 Å². The van der Waals surface area contributed by atoms with Crippen molar-refractivity contribution in [2.45, 2.75) is 26.2 Å². The maximum Gasteiger partial charge on any atom is 0.335 e. The molecular formula is C26H24N4O4. The fraction of sp³-hybridized carbons (Fsp3) is 0.154. The highest BCUT2D eigenvalue weighted by Crippen LogP contribution is 2.35. The number of phenols is 1. The number of aromatic carboxylic acids is 1. The molecule has 1 aliphatic carbocycles. The number of aryl methyl sites for hydroxylation is 2. The summed E-state index contributed by atoms with van der Waals surface area (Å²) in [6, 6.07) is 16.9. The Labute approximate surface area is 196 Å². The number of benzene rings is 3. The van der Waals surface area contributed by atoms with E-state index in [4.69, 9.17) is 5.41 Å². The number of carbonyl (C=O) groups is 2.